The number of hydrogen-bond acceptors (Lipinski definition) is 6. The summed E-state index contributed by atoms with van der Waals surface area (Å²) in [6, 6.07) is -0.635. The predicted molar refractivity (Wildman–Crippen MR) is 238 cm³/mol. The van der Waals surface area contributed by atoms with Gasteiger partial charge in [-0.15, -0.1) is 0 Å². The molecule has 0 bridgehead atoms. The van der Waals surface area contributed by atoms with Crippen LogP contribution >= 0.6 is 0 Å². The molecular weight excluding hydrogens is 715 g/mol. The number of carbonyl (C=O) groups excluding carboxylic acids is 2. The highest BCUT2D eigenvalue weighted by atomic mass is 16.6. The van der Waals surface area contributed by atoms with E-state index in [2.05, 4.69) is 50.3 Å². The van der Waals surface area contributed by atoms with Gasteiger partial charge in [0.2, 0.25) is 0 Å². The molecule has 0 saturated carbocycles. The molecular formula is C49H76NO7+. The van der Waals surface area contributed by atoms with Crippen LogP contribution in [0, 0.1) is 0 Å². The molecule has 8 nitrogen and oxygen atoms in total. The Balaban J connectivity index is 4.55. The van der Waals surface area contributed by atoms with Crippen LogP contribution in [0.25, 0.3) is 0 Å². The Bertz CT molecular complexity index is 1340. The van der Waals surface area contributed by atoms with Crippen molar-refractivity contribution in [2.45, 2.75) is 129 Å². The van der Waals surface area contributed by atoms with Gasteiger partial charge in [-0.3, -0.25) is 9.59 Å². The summed E-state index contributed by atoms with van der Waals surface area (Å²) in [5.41, 5.74) is 0. The minimum atomic E-state index is -0.893. The first kappa shape index (κ1) is 52.7. The second-order valence-electron chi connectivity index (χ2n) is 14.8. The number of likely N-dealkylation sites (N-methyl/N-ethyl adjacent to an activating group) is 1. The van der Waals surface area contributed by atoms with E-state index in [9.17, 15) is 19.5 Å². The number of carbonyl (C=O) groups is 3. The molecule has 0 aromatic rings. The van der Waals surface area contributed by atoms with Crippen molar-refractivity contribution in [1.29, 1.82) is 0 Å². The lowest BCUT2D eigenvalue weighted by molar-refractivity contribution is -0.887. The number of allylic oxidation sites excluding steroid dienone is 20. The van der Waals surface area contributed by atoms with E-state index in [4.69, 9.17) is 14.2 Å². The van der Waals surface area contributed by atoms with Crippen molar-refractivity contribution in [3.05, 3.63) is 122 Å². The SMILES string of the molecule is CC/C=C/C=C/C=C/C=C/C=C/CCCCCC(=O)OCC(COCCC(C(=O)O)[N+](C)(C)C)OC(=O)CCCCCCC/C=C/C=C/C=C/C=C/C=C/CCC. The van der Waals surface area contributed by atoms with Crippen LogP contribution < -0.4 is 0 Å². The summed E-state index contributed by atoms with van der Waals surface area (Å²) in [4.78, 5) is 36.9. The second-order valence-corrected chi connectivity index (χ2v) is 14.8. The van der Waals surface area contributed by atoms with E-state index in [0.717, 1.165) is 70.6 Å². The number of carboxylic acids is 1. The largest absolute Gasteiger partial charge is 0.477 e. The summed E-state index contributed by atoms with van der Waals surface area (Å²) in [6.45, 7) is 4.39. The van der Waals surface area contributed by atoms with Crippen molar-refractivity contribution in [1.82, 2.24) is 0 Å². The first-order valence-corrected chi connectivity index (χ1v) is 21.2. The Labute approximate surface area is 346 Å². The number of rotatable bonds is 35. The molecule has 0 rings (SSSR count). The lowest BCUT2D eigenvalue weighted by Crippen LogP contribution is -2.50. The van der Waals surface area contributed by atoms with Crippen molar-refractivity contribution in [2.24, 2.45) is 0 Å². The highest BCUT2D eigenvalue weighted by Crippen LogP contribution is 2.12. The number of carboxylic acid groups (broad SMARTS) is 1. The van der Waals surface area contributed by atoms with Gasteiger partial charge in [-0.2, -0.15) is 0 Å². The van der Waals surface area contributed by atoms with Gasteiger partial charge in [-0.1, -0.05) is 167 Å². The van der Waals surface area contributed by atoms with Crippen LogP contribution in [-0.2, 0) is 28.6 Å². The number of unbranched alkanes of at least 4 members (excludes halogenated alkanes) is 9. The van der Waals surface area contributed by atoms with Gasteiger partial charge in [0.25, 0.3) is 0 Å². The Morgan fingerprint density at radius 3 is 1.47 bits per heavy atom. The average molecular weight is 791 g/mol. The molecule has 57 heavy (non-hydrogen) atoms. The van der Waals surface area contributed by atoms with Crippen molar-refractivity contribution in [3.8, 4) is 0 Å². The quantitative estimate of drug-likeness (QED) is 0.0295. The first-order valence-electron chi connectivity index (χ1n) is 21.2. The molecule has 2 atom stereocenters. The number of hydrogen-bond donors (Lipinski definition) is 1. The molecule has 0 aliphatic rings. The highest BCUT2D eigenvalue weighted by Gasteiger charge is 2.31. The van der Waals surface area contributed by atoms with Gasteiger partial charge in [0, 0.05) is 19.3 Å². The number of nitrogens with zero attached hydrogens (tertiary/aromatic N) is 1. The van der Waals surface area contributed by atoms with Gasteiger partial charge in [0.05, 0.1) is 34.4 Å². The average Bonchev–Trinajstić information content (AvgIpc) is 3.17. The standard InChI is InChI=1S/C49H75NO7/c1-6-8-10-12-14-16-18-20-22-23-24-26-28-30-32-34-36-38-40-48(52)57-45(43-55-42-41-46(49(53)54)50(3,4)5)44-56-47(51)39-37-35-33-31-29-27-25-21-19-17-15-13-11-9-7-2/h9-27,29,45-46H,6-8,28,30-44H2,1-5H3/p+1/b11-9+,12-10+,15-13+,16-14+,19-17+,20-18+,23-22+,25-21+,26-24+,29-27+. The third kappa shape index (κ3) is 37.1. The highest BCUT2D eigenvalue weighted by molar-refractivity contribution is 5.72. The van der Waals surface area contributed by atoms with Gasteiger partial charge < -0.3 is 23.8 Å². The molecule has 1 N–H and O–H groups in total. The molecule has 0 aliphatic carbocycles. The fourth-order valence-electron chi connectivity index (χ4n) is 5.32. The van der Waals surface area contributed by atoms with Gasteiger partial charge in [-0.25, -0.2) is 4.79 Å². The summed E-state index contributed by atoms with van der Waals surface area (Å²) < 4.78 is 17.2. The normalized spacial score (nSPS) is 14.2. The Morgan fingerprint density at radius 2 is 0.982 bits per heavy atom. The minimum absolute atomic E-state index is 0.0266. The molecule has 0 saturated heterocycles. The van der Waals surface area contributed by atoms with Gasteiger partial charge in [0.15, 0.2) is 12.1 Å². The fraction of sp³-hybridized carbons (Fsp3) is 0.531. The number of esters is 2. The van der Waals surface area contributed by atoms with Crippen LogP contribution in [0.5, 0.6) is 0 Å². The van der Waals surface area contributed by atoms with Crippen molar-refractivity contribution >= 4 is 17.9 Å². The Hall–Kier alpha value is -4.27. The molecule has 0 spiro atoms. The fourth-order valence-corrected chi connectivity index (χ4v) is 5.32. The van der Waals surface area contributed by atoms with Crippen LogP contribution in [-0.4, -0.2) is 80.6 Å². The molecule has 0 aromatic carbocycles. The van der Waals surface area contributed by atoms with Gasteiger partial charge in [0.1, 0.15) is 6.61 Å². The van der Waals surface area contributed by atoms with Crippen LogP contribution in [0.1, 0.15) is 117 Å². The van der Waals surface area contributed by atoms with Crippen LogP contribution in [0.3, 0.4) is 0 Å². The zero-order valence-corrected chi connectivity index (χ0v) is 36.0. The molecule has 0 aromatic heterocycles. The topological polar surface area (TPSA) is 99.1 Å². The maximum absolute atomic E-state index is 12.7. The van der Waals surface area contributed by atoms with E-state index >= 15 is 0 Å². The monoisotopic (exact) mass is 791 g/mol. The van der Waals surface area contributed by atoms with E-state index in [1.54, 1.807) is 0 Å². The molecule has 0 amide bonds. The molecule has 2 unspecified atom stereocenters. The van der Waals surface area contributed by atoms with E-state index in [-0.39, 0.29) is 42.7 Å². The van der Waals surface area contributed by atoms with E-state index < -0.39 is 18.1 Å². The summed E-state index contributed by atoms with van der Waals surface area (Å²) >= 11 is 0. The van der Waals surface area contributed by atoms with Crippen molar-refractivity contribution < 1.29 is 38.2 Å². The smallest absolute Gasteiger partial charge is 0.362 e. The van der Waals surface area contributed by atoms with E-state index in [1.807, 2.05) is 106 Å². The van der Waals surface area contributed by atoms with Crippen LogP contribution in [0.2, 0.25) is 0 Å². The molecule has 318 valence electrons. The summed E-state index contributed by atoms with van der Waals surface area (Å²) in [5.74, 6) is -1.58. The van der Waals surface area contributed by atoms with E-state index in [0.29, 0.717) is 19.3 Å². The van der Waals surface area contributed by atoms with Crippen LogP contribution in [0.15, 0.2) is 122 Å². The molecule has 8 heteroatoms. The molecule has 0 aliphatic heterocycles. The maximum atomic E-state index is 12.7. The molecule has 0 heterocycles. The summed E-state index contributed by atoms with van der Waals surface area (Å²) in [5, 5.41) is 9.61. The third-order valence-electron chi connectivity index (χ3n) is 8.58. The van der Waals surface area contributed by atoms with Gasteiger partial charge in [-0.05, 0) is 51.4 Å². The first-order chi connectivity index (χ1) is 27.6. The predicted octanol–water partition coefficient (Wildman–Crippen LogP) is 11.5. The molecule has 0 fully saturated rings. The van der Waals surface area contributed by atoms with Crippen LogP contribution in [0.4, 0.5) is 0 Å². The third-order valence-corrected chi connectivity index (χ3v) is 8.58. The maximum Gasteiger partial charge on any atom is 0.362 e. The Morgan fingerprint density at radius 1 is 0.544 bits per heavy atom. The lowest BCUT2D eigenvalue weighted by Gasteiger charge is -2.31. The number of quaternary nitrogens is 1. The zero-order chi connectivity index (χ0) is 42.1. The zero-order valence-electron chi connectivity index (χ0n) is 36.0. The summed E-state index contributed by atoms with van der Waals surface area (Å²) in [6.07, 6.45) is 53.8. The molecule has 0 radical (unpaired) electrons. The Kier molecular flexibility index (Phi) is 35.7. The van der Waals surface area contributed by atoms with Crippen molar-refractivity contribution in [3.63, 3.8) is 0 Å². The lowest BCUT2D eigenvalue weighted by atomic mass is 10.1. The van der Waals surface area contributed by atoms with E-state index in [1.165, 1.54) is 6.42 Å². The second kappa shape index (κ2) is 38.6. The summed E-state index contributed by atoms with van der Waals surface area (Å²) in [7, 11) is 5.48. The minimum Gasteiger partial charge on any atom is -0.477 e. The number of aliphatic carboxylic acids is 1. The number of ether oxygens (including phenoxy) is 3. The van der Waals surface area contributed by atoms with Gasteiger partial charge >= 0.3 is 17.9 Å². The van der Waals surface area contributed by atoms with Crippen molar-refractivity contribution in [2.75, 3.05) is 41.0 Å².